The van der Waals surface area contributed by atoms with Crippen LogP contribution < -0.4 is 11.1 Å². The first kappa shape index (κ1) is 15.5. The molecule has 2 amide bonds. The predicted molar refractivity (Wildman–Crippen MR) is 73.4 cm³/mol. The van der Waals surface area contributed by atoms with E-state index in [0.29, 0.717) is 6.42 Å². The lowest BCUT2D eigenvalue weighted by Gasteiger charge is -2.24. The summed E-state index contributed by atoms with van der Waals surface area (Å²) < 4.78 is 5.21. The molecule has 0 fully saturated rings. The zero-order valence-electron chi connectivity index (χ0n) is 12.1. The van der Waals surface area contributed by atoms with Crippen molar-refractivity contribution in [2.24, 2.45) is 17.6 Å². The molecular weight excluding hydrogens is 244 g/mol. The maximum atomic E-state index is 11.7. The average Bonchev–Trinajstić information content (AvgIpc) is 2.61. The average molecular weight is 268 g/mol. The molecule has 1 unspecified atom stereocenters. The van der Waals surface area contributed by atoms with E-state index < -0.39 is 11.7 Å². The molecule has 1 aliphatic rings. The van der Waals surface area contributed by atoms with E-state index in [1.807, 2.05) is 39.8 Å². The summed E-state index contributed by atoms with van der Waals surface area (Å²) >= 11 is 0. The molecule has 0 radical (unpaired) electrons. The topological polar surface area (TPSA) is 81.4 Å². The molecule has 108 valence electrons. The van der Waals surface area contributed by atoms with E-state index in [4.69, 9.17) is 10.5 Å². The molecule has 5 heteroatoms. The van der Waals surface area contributed by atoms with Crippen molar-refractivity contribution in [2.45, 2.75) is 52.2 Å². The van der Waals surface area contributed by atoms with Crippen molar-refractivity contribution in [2.75, 3.05) is 0 Å². The van der Waals surface area contributed by atoms with Crippen molar-refractivity contribution in [1.82, 2.24) is 5.32 Å². The van der Waals surface area contributed by atoms with Crippen LogP contribution in [-0.4, -0.2) is 23.6 Å². The highest BCUT2D eigenvalue weighted by atomic mass is 16.6. The summed E-state index contributed by atoms with van der Waals surface area (Å²) in [5.74, 6) is 0.116. The van der Waals surface area contributed by atoms with Crippen LogP contribution in [0.5, 0.6) is 0 Å². The summed E-state index contributed by atoms with van der Waals surface area (Å²) in [5, 5.41) is 2.82. The normalized spacial score (nSPS) is 24.0. The largest absolute Gasteiger partial charge is 0.444 e. The minimum atomic E-state index is -0.496. The van der Waals surface area contributed by atoms with Gasteiger partial charge in [0.25, 0.3) is 0 Å². The Morgan fingerprint density at radius 3 is 2.58 bits per heavy atom. The third-order valence-corrected chi connectivity index (χ3v) is 3.06. The van der Waals surface area contributed by atoms with E-state index in [9.17, 15) is 9.59 Å². The second kappa shape index (κ2) is 6.08. The summed E-state index contributed by atoms with van der Waals surface area (Å²) in [7, 11) is 0. The molecule has 19 heavy (non-hydrogen) atoms. The molecule has 0 aliphatic heterocycles. The van der Waals surface area contributed by atoms with E-state index in [2.05, 4.69) is 5.32 Å². The highest BCUT2D eigenvalue weighted by Crippen LogP contribution is 2.28. The number of nitrogens with two attached hydrogens (primary N) is 1. The van der Waals surface area contributed by atoms with Gasteiger partial charge in [-0.15, -0.1) is 0 Å². The van der Waals surface area contributed by atoms with Crippen LogP contribution in [0.3, 0.4) is 0 Å². The molecule has 0 aromatic rings. The number of carbonyl (C=O) groups is 2. The first-order chi connectivity index (χ1) is 8.67. The van der Waals surface area contributed by atoms with Gasteiger partial charge in [-0.25, -0.2) is 4.79 Å². The molecule has 0 spiro atoms. The van der Waals surface area contributed by atoms with E-state index in [1.165, 1.54) is 0 Å². The fourth-order valence-electron chi connectivity index (χ4n) is 2.19. The molecule has 1 aliphatic carbocycles. The van der Waals surface area contributed by atoms with Crippen LogP contribution in [0.15, 0.2) is 12.2 Å². The van der Waals surface area contributed by atoms with Crippen LogP contribution in [0.25, 0.3) is 0 Å². The molecule has 1 rings (SSSR count). The zero-order chi connectivity index (χ0) is 14.6. The Labute approximate surface area is 114 Å². The van der Waals surface area contributed by atoms with Gasteiger partial charge in [0.15, 0.2) is 0 Å². The lowest BCUT2D eigenvalue weighted by Crippen LogP contribution is -2.40. The Balaban J connectivity index is 2.40. The van der Waals surface area contributed by atoms with Gasteiger partial charge in [0.1, 0.15) is 5.60 Å². The Morgan fingerprint density at radius 2 is 2.05 bits per heavy atom. The maximum absolute atomic E-state index is 11.7. The Kier molecular flexibility index (Phi) is 4.97. The number of primary amides is 1. The van der Waals surface area contributed by atoms with Crippen LogP contribution in [-0.2, 0) is 9.53 Å². The quantitative estimate of drug-likeness (QED) is 0.765. The van der Waals surface area contributed by atoms with Crippen molar-refractivity contribution in [3.63, 3.8) is 0 Å². The summed E-state index contributed by atoms with van der Waals surface area (Å²) in [6.07, 6.45) is 4.83. The number of hydrogen-bond acceptors (Lipinski definition) is 3. The molecule has 5 nitrogen and oxygen atoms in total. The molecule has 0 saturated heterocycles. The second-order valence-electron chi connectivity index (χ2n) is 6.15. The third kappa shape index (κ3) is 5.77. The maximum Gasteiger partial charge on any atom is 0.407 e. The van der Waals surface area contributed by atoms with Crippen LogP contribution in [0.1, 0.15) is 40.5 Å². The summed E-state index contributed by atoms with van der Waals surface area (Å²) in [6.45, 7) is 7.42. The smallest absolute Gasteiger partial charge is 0.407 e. The van der Waals surface area contributed by atoms with Crippen LogP contribution in [0, 0.1) is 11.8 Å². The molecule has 3 N–H and O–H groups in total. The monoisotopic (exact) mass is 268 g/mol. The van der Waals surface area contributed by atoms with Gasteiger partial charge in [-0.3, -0.25) is 4.79 Å². The number of carbonyl (C=O) groups excluding carboxylic acids is 2. The van der Waals surface area contributed by atoms with E-state index in [0.717, 1.165) is 6.42 Å². The minimum absolute atomic E-state index is 0.0241. The second-order valence-corrected chi connectivity index (χ2v) is 6.15. The summed E-state index contributed by atoms with van der Waals surface area (Å²) in [5.41, 5.74) is 4.69. The molecule has 0 aromatic carbocycles. The lowest BCUT2D eigenvalue weighted by atomic mass is 9.95. The van der Waals surface area contributed by atoms with Crippen molar-refractivity contribution in [3.05, 3.63) is 12.2 Å². The van der Waals surface area contributed by atoms with Crippen molar-refractivity contribution in [1.29, 1.82) is 0 Å². The number of alkyl carbamates (subject to hydrolysis) is 1. The van der Waals surface area contributed by atoms with Crippen LogP contribution in [0.4, 0.5) is 4.79 Å². The molecule has 0 aromatic heterocycles. The van der Waals surface area contributed by atoms with Crippen molar-refractivity contribution >= 4 is 12.0 Å². The van der Waals surface area contributed by atoms with Gasteiger partial charge in [0, 0.05) is 12.5 Å². The third-order valence-electron chi connectivity index (χ3n) is 3.06. The highest BCUT2D eigenvalue weighted by molar-refractivity contribution is 5.74. The van der Waals surface area contributed by atoms with Gasteiger partial charge in [-0.2, -0.15) is 0 Å². The van der Waals surface area contributed by atoms with E-state index >= 15 is 0 Å². The first-order valence-corrected chi connectivity index (χ1v) is 6.63. The number of nitrogens with one attached hydrogen (secondary N) is 1. The van der Waals surface area contributed by atoms with Crippen molar-refractivity contribution in [3.8, 4) is 0 Å². The number of amides is 2. The van der Waals surface area contributed by atoms with Gasteiger partial charge in [-0.1, -0.05) is 12.2 Å². The SMILES string of the molecule is CC(NC(=O)OC(C)(C)C)[C@H]1C=C[C@@H](CC(N)=O)C1. The minimum Gasteiger partial charge on any atom is -0.444 e. The van der Waals surface area contributed by atoms with Gasteiger partial charge < -0.3 is 15.8 Å². The highest BCUT2D eigenvalue weighted by Gasteiger charge is 2.27. The number of rotatable bonds is 4. The van der Waals surface area contributed by atoms with E-state index in [-0.39, 0.29) is 23.8 Å². The predicted octanol–water partition coefficient (Wildman–Crippen LogP) is 1.97. The number of hydrogen-bond donors (Lipinski definition) is 2. The number of ether oxygens (including phenoxy) is 1. The van der Waals surface area contributed by atoms with Gasteiger partial charge >= 0.3 is 6.09 Å². The van der Waals surface area contributed by atoms with Crippen LogP contribution in [0.2, 0.25) is 0 Å². The Bertz CT molecular complexity index is 371. The molecular formula is C14H24N2O3. The Hall–Kier alpha value is -1.52. The fourth-order valence-corrected chi connectivity index (χ4v) is 2.19. The van der Waals surface area contributed by atoms with Crippen molar-refractivity contribution < 1.29 is 14.3 Å². The first-order valence-electron chi connectivity index (χ1n) is 6.63. The summed E-state index contributed by atoms with van der Waals surface area (Å²) in [6, 6.07) is -0.0241. The van der Waals surface area contributed by atoms with E-state index in [1.54, 1.807) is 0 Å². The lowest BCUT2D eigenvalue weighted by molar-refractivity contribution is -0.118. The standard InChI is InChI=1S/C14H24N2O3/c1-9(16-13(18)19-14(2,3)4)11-6-5-10(7-11)8-12(15)17/h5-6,9-11H,7-8H2,1-4H3,(H2,15,17)(H,16,18)/t9?,10-,11+/m1/s1. The molecule has 0 heterocycles. The molecule has 0 bridgehead atoms. The zero-order valence-corrected chi connectivity index (χ0v) is 12.1. The molecule has 0 saturated carbocycles. The van der Waals surface area contributed by atoms with Gasteiger partial charge in [0.2, 0.25) is 5.91 Å². The molecule has 3 atom stereocenters. The van der Waals surface area contributed by atoms with Gasteiger partial charge in [-0.05, 0) is 46.0 Å². The van der Waals surface area contributed by atoms with Crippen LogP contribution >= 0.6 is 0 Å². The van der Waals surface area contributed by atoms with Gasteiger partial charge in [0.05, 0.1) is 0 Å². The summed E-state index contributed by atoms with van der Waals surface area (Å²) in [4.78, 5) is 22.5. The fraction of sp³-hybridized carbons (Fsp3) is 0.714. The number of allylic oxidation sites excluding steroid dienone is 1. The Morgan fingerprint density at radius 1 is 1.42 bits per heavy atom.